The number of aliphatic hydroxyl groups is 1. The first kappa shape index (κ1) is 15.8. The molecule has 1 unspecified atom stereocenters. The lowest BCUT2D eigenvalue weighted by Crippen LogP contribution is -2.22. The Labute approximate surface area is 115 Å². The van der Waals surface area contributed by atoms with Gasteiger partial charge in [0, 0.05) is 0 Å². The summed E-state index contributed by atoms with van der Waals surface area (Å²) in [5, 5.41) is 9.52. The zero-order valence-electron chi connectivity index (χ0n) is 12.4. The second-order valence-corrected chi connectivity index (χ2v) is 5.40. The van der Waals surface area contributed by atoms with Gasteiger partial charge in [-0.1, -0.05) is 6.07 Å². The first-order chi connectivity index (χ1) is 8.83. The van der Waals surface area contributed by atoms with Gasteiger partial charge < -0.3 is 19.3 Å². The van der Waals surface area contributed by atoms with E-state index in [1.165, 1.54) is 0 Å². The Bertz CT molecular complexity index is 394. The molecule has 108 valence electrons. The van der Waals surface area contributed by atoms with Crippen LogP contribution in [0.25, 0.3) is 0 Å². The van der Waals surface area contributed by atoms with E-state index < -0.39 is 6.10 Å². The third-order valence-corrected chi connectivity index (χ3v) is 2.55. The van der Waals surface area contributed by atoms with E-state index in [2.05, 4.69) is 0 Å². The lowest BCUT2D eigenvalue weighted by atomic mass is 10.1. The number of hydrogen-bond donors (Lipinski definition) is 1. The quantitative estimate of drug-likeness (QED) is 0.806. The lowest BCUT2D eigenvalue weighted by molar-refractivity contribution is -0.0165. The van der Waals surface area contributed by atoms with Crippen molar-refractivity contribution < 1.29 is 19.3 Å². The molecule has 0 aliphatic rings. The van der Waals surface area contributed by atoms with Gasteiger partial charge in [-0.2, -0.15) is 0 Å². The highest BCUT2D eigenvalue weighted by Gasteiger charge is 2.11. The molecular formula is C15H24O4. The smallest absolute Gasteiger partial charge is 0.161 e. The number of ether oxygens (including phenoxy) is 3. The lowest BCUT2D eigenvalue weighted by Gasteiger charge is -2.20. The minimum atomic E-state index is -0.521. The largest absolute Gasteiger partial charge is 0.493 e. The van der Waals surface area contributed by atoms with Gasteiger partial charge in [0.1, 0.15) is 6.61 Å². The van der Waals surface area contributed by atoms with Crippen molar-refractivity contribution in [3.63, 3.8) is 0 Å². The van der Waals surface area contributed by atoms with Crippen LogP contribution in [-0.4, -0.2) is 31.0 Å². The standard InChI is InChI=1S/C15H24O4/c1-11(16)12-6-7-13(14(10-12)17-5)18-8-9-19-15(2,3)4/h6-7,10-11,16H,8-9H2,1-5H3. The molecule has 1 atom stereocenters. The van der Waals surface area contributed by atoms with Crippen molar-refractivity contribution in [3.8, 4) is 11.5 Å². The number of benzene rings is 1. The van der Waals surface area contributed by atoms with E-state index in [9.17, 15) is 5.11 Å². The summed E-state index contributed by atoms with van der Waals surface area (Å²) in [5.41, 5.74) is 0.638. The Morgan fingerprint density at radius 1 is 1.16 bits per heavy atom. The highest BCUT2D eigenvalue weighted by Crippen LogP contribution is 2.30. The van der Waals surface area contributed by atoms with Gasteiger partial charge in [-0.3, -0.25) is 0 Å². The molecule has 0 spiro atoms. The zero-order valence-corrected chi connectivity index (χ0v) is 12.4. The SMILES string of the molecule is COc1cc(C(C)O)ccc1OCCOC(C)(C)C. The maximum absolute atomic E-state index is 9.52. The van der Waals surface area contributed by atoms with Crippen LogP contribution in [0.5, 0.6) is 11.5 Å². The van der Waals surface area contributed by atoms with Crippen LogP contribution in [0.2, 0.25) is 0 Å². The molecule has 0 saturated carbocycles. The summed E-state index contributed by atoms with van der Waals surface area (Å²) in [6.07, 6.45) is -0.521. The Kier molecular flexibility index (Phi) is 5.63. The van der Waals surface area contributed by atoms with E-state index in [1.54, 1.807) is 26.2 Å². The van der Waals surface area contributed by atoms with Crippen LogP contribution in [0.4, 0.5) is 0 Å². The maximum atomic E-state index is 9.52. The summed E-state index contributed by atoms with van der Waals surface area (Å²) in [5.74, 6) is 1.28. The van der Waals surface area contributed by atoms with Gasteiger partial charge in [0.15, 0.2) is 11.5 Å². The maximum Gasteiger partial charge on any atom is 0.161 e. The molecule has 0 saturated heterocycles. The molecule has 0 aliphatic heterocycles. The molecule has 1 aromatic carbocycles. The topological polar surface area (TPSA) is 47.9 Å². The average Bonchev–Trinajstić information content (AvgIpc) is 2.33. The number of hydrogen-bond acceptors (Lipinski definition) is 4. The van der Waals surface area contributed by atoms with E-state index >= 15 is 0 Å². The molecule has 4 nitrogen and oxygen atoms in total. The molecule has 0 radical (unpaired) electrons. The van der Waals surface area contributed by atoms with E-state index in [4.69, 9.17) is 14.2 Å². The van der Waals surface area contributed by atoms with E-state index in [1.807, 2.05) is 26.8 Å². The Morgan fingerprint density at radius 3 is 2.37 bits per heavy atom. The summed E-state index contributed by atoms with van der Waals surface area (Å²) in [7, 11) is 1.58. The van der Waals surface area contributed by atoms with Gasteiger partial charge in [-0.25, -0.2) is 0 Å². The molecule has 1 rings (SSSR count). The summed E-state index contributed by atoms with van der Waals surface area (Å²) < 4.78 is 16.5. The molecule has 0 heterocycles. The highest BCUT2D eigenvalue weighted by molar-refractivity contribution is 5.43. The first-order valence-corrected chi connectivity index (χ1v) is 6.46. The minimum Gasteiger partial charge on any atom is -0.493 e. The van der Waals surface area contributed by atoms with Crippen LogP contribution in [0.3, 0.4) is 0 Å². The second-order valence-electron chi connectivity index (χ2n) is 5.40. The van der Waals surface area contributed by atoms with Crippen LogP contribution in [-0.2, 0) is 4.74 Å². The van der Waals surface area contributed by atoms with Gasteiger partial charge in [0.05, 0.1) is 25.4 Å². The van der Waals surface area contributed by atoms with Gasteiger partial charge in [-0.05, 0) is 45.4 Å². The summed E-state index contributed by atoms with van der Waals surface area (Å²) in [6.45, 7) is 8.71. The van der Waals surface area contributed by atoms with E-state index in [0.29, 0.717) is 24.7 Å². The van der Waals surface area contributed by atoms with Gasteiger partial charge in [0.25, 0.3) is 0 Å². The summed E-state index contributed by atoms with van der Waals surface area (Å²) >= 11 is 0. The second kappa shape index (κ2) is 6.78. The third kappa shape index (κ3) is 5.49. The van der Waals surface area contributed by atoms with E-state index in [0.717, 1.165) is 5.56 Å². The molecule has 1 N–H and O–H groups in total. The van der Waals surface area contributed by atoms with Crippen LogP contribution in [0.15, 0.2) is 18.2 Å². The zero-order chi connectivity index (χ0) is 14.5. The van der Waals surface area contributed by atoms with Gasteiger partial charge in [-0.15, -0.1) is 0 Å². The van der Waals surface area contributed by atoms with Crippen LogP contribution in [0, 0.1) is 0 Å². The van der Waals surface area contributed by atoms with E-state index in [-0.39, 0.29) is 5.60 Å². The molecular weight excluding hydrogens is 244 g/mol. The molecule has 0 amide bonds. The number of methoxy groups -OCH3 is 1. The summed E-state index contributed by atoms with van der Waals surface area (Å²) in [6, 6.07) is 5.41. The number of rotatable bonds is 6. The van der Waals surface area contributed by atoms with Crippen molar-refractivity contribution in [3.05, 3.63) is 23.8 Å². The van der Waals surface area contributed by atoms with Gasteiger partial charge in [0.2, 0.25) is 0 Å². The van der Waals surface area contributed by atoms with Crippen LogP contribution in [0.1, 0.15) is 39.4 Å². The van der Waals surface area contributed by atoms with Crippen molar-refractivity contribution in [2.45, 2.75) is 39.4 Å². The van der Waals surface area contributed by atoms with Crippen molar-refractivity contribution in [2.75, 3.05) is 20.3 Å². The van der Waals surface area contributed by atoms with Crippen LogP contribution >= 0.6 is 0 Å². The Hall–Kier alpha value is -1.26. The Balaban J connectivity index is 2.58. The van der Waals surface area contributed by atoms with Crippen molar-refractivity contribution >= 4 is 0 Å². The van der Waals surface area contributed by atoms with Gasteiger partial charge >= 0.3 is 0 Å². The molecule has 19 heavy (non-hydrogen) atoms. The highest BCUT2D eigenvalue weighted by atomic mass is 16.5. The van der Waals surface area contributed by atoms with Crippen LogP contribution < -0.4 is 9.47 Å². The van der Waals surface area contributed by atoms with Crippen molar-refractivity contribution in [1.29, 1.82) is 0 Å². The third-order valence-electron chi connectivity index (χ3n) is 2.55. The summed E-state index contributed by atoms with van der Waals surface area (Å²) in [4.78, 5) is 0. The molecule has 0 aliphatic carbocycles. The minimum absolute atomic E-state index is 0.163. The predicted octanol–water partition coefficient (Wildman–Crippen LogP) is 2.94. The molecule has 4 heteroatoms. The predicted molar refractivity (Wildman–Crippen MR) is 74.8 cm³/mol. The molecule has 1 aromatic rings. The van der Waals surface area contributed by atoms with Crippen molar-refractivity contribution in [2.24, 2.45) is 0 Å². The monoisotopic (exact) mass is 268 g/mol. The fraction of sp³-hybridized carbons (Fsp3) is 0.600. The fourth-order valence-corrected chi connectivity index (χ4v) is 1.56. The molecule has 0 bridgehead atoms. The molecule has 0 aromatic heterocycles. The Morgan fingerprint density at radius 2 is 1.84 bits per heavy atom. The van der Waals surface area contributed by atoms with Crippen molar-refractivity contribution in [1.82, 2.24) is 0 Å². The fourth-order valence-electron chi connectivity index (χ4n) is 1.56. The number of aliphatic hydroxyl groups excluding tert-OH is 1. The first-order valence-electron chi connectivity index (χ1n) is 6.46. The normalized spacial score (nSPS) is 13.2. The average molecular weight is 268 g/mol. The molecule has 0 fully saturated rings.